The molecule has 26 heavy (non-hydrogen) atoms. The van der Waals surface area contributed by atoms with E-state index in [0.717, 1.165) is 0 Å². The van der Waals surface area contributed by atoms with Crippen LogP contribution >= 0.6 is 0 Å². The lowest BCUT2D eigenvalue weighted by Gasteiger charge is -2.35. The first-order valence-electron chi connectivity index (χ1n) is 8.46. The van der Waals surface area contributed by atoms with Gasteiger partial charge >= 0.3 is 12.1 Å². The zero-order valence-electron chi connectivity index (χ0n) is 15.4. The first-order chi connectivity index (χ1) is 12.1. The molecule has 1 fully saturated rings. The van der Waals surface area contributed by atoms with Crippen molar-refractivity contribution in [1.29, 1.82) is 5.26 Å². The molecule has 1 saturated heterocycles. The fourth-order valence-corrected chi connectivity index (χ4v) is 2.22. The maximum Gasteiger partial charge on any atom is 0.410 e. The van der Waals surface area contributed by atoms with Crippen molar-refractivity contribution in [3.63, 3.8) is 0 Å². The molecule has 0 atom stereocenters. The Morgan fingerprint density at radius 2 is 1.85 bits per heavy atom. The average Bonchev–Trinajstić information content (AvgIpc) is 2.55. The molecule has 0 unspecified atom stereocenters. The second-order valence-electron chi connectivity index (χ2n) is 6.91. The Morgan fingerprint density at radius 1 is 1.23 bits per heavy atom. The number of rotatable bonds is 6. The van der Waals surface area contributed by atoms with Crippen LogP contribution in [-0.4, -0.2) is 71.2 Å². The summed E-state index contributed by atoms with van der Waals surface area (Å²) in [6.45, 7) is 7.44. The highest BCUT2D eigenvalue weighted by Gasteiger charge is 2.25. The maximum atomic E-state index is 12.0. The van der Waals surface area contributed by atoms with Crippen molar-refractivity contribution in [2.75, 3.05) is 32.7 Å². The van der Waals surface area contributed by atoms with E-state index < -0.39 is 17.5 Å². The molecule has 1 aliphatic rings. The van der Waals surface area contributed by atoms with Gasteiger partial charge in [0.25, 0.3) is 5.91 Å². The van der Waals surface area contributed by atoms with Crippen LogP contribution in [0.1, 0.15) is 33.6 Å². The summed E-state index contributed by atoms with van der Waals surface area (Å²) in [5.74, 6) is -1.47. The zero-order chi connectivity index (χ0) is 19.7. The quantitative estimate of drug-likeness (QED) is 0.407. The van der Waals surface area contributed by atoms with Gasteiger partial charge in [0.05, 0.1) is 0 Å². The van der Waals surface area contributed by atoms with E-state index in [1.807, 2.05) is 6.07 Å². The van der Waals surface area contributed by atoms with E-state index in [0.29, 0.717) is 32.6 Å². The van der Waals surface area contributed by atoms with Crippen LogP contribution in [0, 0.1) is 11.3 Å². The molecule has 1 heterocycles. The minimum absolute atomic E-state index is 0.0431. The van der Waals surface area contributed by atoms with E-state index in [1.165, 1.54) is 6.20 Å². The van der Waals surface area contributed by atoms with E-state index in [1.54, 1.807) is 30.6 Å². The van der Waals surface area contributed by atoms with E-state index in [2.05, 4.69) is 5.32 Å². The average molecular weight is 366 g/mol. The van der Waals surface area contributed by atoms with E-state index in [-0.39, 0.29) is 24.6 Å². The predicted octanol–water partition coefficient (Wildman–Crippen LogP) is 0.928. The number of carbonyl (C=O) groups is 3. The number of piperazine rings is 1. The summed E-state index contributed by atoms with van der Waals surface area (Å²) in [6.07, 6.45) is 1.35. The number of hydrogen-bond donors (Lipinski definition) is 2. The molecule has 0 aromatic carbocycles. The van der Waals surface area contributed by atoms with Crippen LogP contribution in [0.4, 0.5) is 4.79 Å². The van der Waals surface area contributed by atoms with Crippen molar-refractivity contribution in [2.24, 2.45) is 0 Å². The predicted molar refractivity (Wildman–Crippen MR) is 93.0 cm³/mol. The van der Waals surface area contributed by atoms with Crippen LogP contribution in [-0.2, 0) is 14.3 Å². The van der Waals surface area contributed by atoms with E-state index in [9.17, 15) is 14.4 Å². The molecule has 9 heteroatoms. The topological polar surface area (TPSA) is 123 Å². The molecule has 2 N–H and O–H groups in total. The molecular formula is C17H26N4O5. The normalized spacial score (nSPS) is 15.2. The number of carboxylic acid groups (broad SMARTS) is 1. The second-order valence-corrected chi connectivity index (χ2v) is 6.91. The number of carbonyl (C=O) groups excluding carboxylic acids is 2. The van der Waals surface area contributed by atoms with Crippen LogP contribution in [0.3, 0.4) is 0 Å². The molecule has 1 rings (SSSR count). The number of nitrogens with zero attached hydrogens (tertiary/aromatic N) is 3. The van der Waals surface area contributed by atoms with Gasteiger partial charge in [0.2, 0.25) is 0 Å². The molecule has 2 amide bonds. The SMILES string of the molecule is CC(C)(C)OC(=O)N1CCN(/C=C(/C#N)C(=O)NCCCC(=O)O)CC1. The van der Waals surface area contributed by atoms with Crippen molar-refractivity contribution in [3.05, 3.63) is 11.8 Å². The smallest absolute Gasteiger partial charge is 0.410 e. The van der Waals surface area contributed by atoms with Gasteiger partial charge in [-0.25, -0.2) is 4.79 Å². The van der Waals surface area contributed by atoms with Crippen molar-refractivity contribution in [1.82, 2.24) is 15.1 Å². The molecule has 0 aliphatic carbocycles. The summed E-state index contributed by atoms with van der Waals surface area (Å²) in [4.78, 5) is 37.8. The Hall–Kier alpha value is -2.76. The largest absolute Gasteiger partial charge is 0.481 e. The summed E-state index contributed by atoms with van der Waals surface area (Å²) in [5.41, 5.74) is -0.605. The molecule has 0 spiro atoms. The van der Waals surface area contributed by atoms with Crippen LogP contribution in [0.25, 0.3) is 0 Å². The Bertz CT molecular complexity index is 595. The van der Waals surface area contributed by atoms with Gasteiger partial charge in [-0.3, -0.25) is 9.59 Å². The van der Waals surface area contributed by atoms with Gasteiger partial charge in [0.15, 0.2) is 0 Å². The van der Waals surface area contributed by atoms with Crippen molar-refractivity contribution >= 4 is 18.0 Å². The van der Waals surface area contributed by atoms with Crippen LogP contribution < -0.4 is 5.32 Å². The van der Waals surface area contributed by atoms with Gasteiger partial charge in [-0.1, -0.05) is 0 Å². The number of amides is 2. The first kappa shape index (κ1) is 21.3. The van der Waals surface area contributed by atoms with Gasteiger partial charge in [-0.2, -0.15) is 5.26 Å². The summed E-state index contributed by atoms with van der Waals surface area (Å²) < 4.78 is 5.32. The lowest BCUT2D eigenvalue weighted by atomic mass is 10.2. The number of hydrogen-bond acceptors (Lipinski definition) is 6. The van der Waals surface area contributed by atoms with E-state index >= 15 is 0 Å². The minimum atomic E-state index is -0.932. The van der Waals surface area contributed by atoms with Gasteiger partial charge in [0.1, 0.15) is 17.2 Å². The van der Waals surface area contributed by atoms with Crippen molar-refractivity contribution < 1.29 is 24.2 Å². The Morgan fingerprint density at radius 3 is 2.35 bits per heavy atom. The lowest BCUT2D eigenvalue weighted by Crippen LogP contribution is -2.48. The molecular weight excluding hydrogens is 340 g/mol. The molecule has 9 nitrogen and oxygen atoms in total. The fraction of sp³-hybridized carbons (Fsp3) is 0.647. The molecule has 0 saturated carbocycles. The molecule has 0 radical (unpaired) electrons. The third-order valence-corrected chi connectivity index (χ3v) is 3.50. The number of aliphatic carboxylic acids is 1. The van der Waals surface area contributed by atoms with Gasteiger partial charge in [-0.05, 0) is 27.2 Å². The van der Waals surface area contributed by atoms with Gasteiger partial charge in [-0.15, -0.1) is 0 Å². The van der Waals surface area contributed by atoms with Gasteiger partial charge < -0.3 is 25.0 Å². The highest BCUT2D eigenvalue weighted by molar-refractivity contribution is 5.97. The number of nitriles is 1. The fourth-order valence-electron chi connectivity index (χ4n) is 2.22. The highest BCUT2D eigenvalue weighted by Crippen LogP contribution is 2.12. The molecule has 0 bridgehead atoms. The second kappa shape index (κ2) is 9.65. The van der Waals surface area contributed by atoms with Crippen LogP contribution in [0.5, 0.6) is 0 Å². The van der Waals surface area contributed by atoms with Crippen molar-refractivity contribution in [3.8, 4) is 6.07 Å². The third-order valence-electron chi connectivity index (χ3n) is 3.50. The third kappa shape index (κ3) is 7.88. The number of ether oxygens (including phenoxy) is 1. The lowest BCUT2D eigenvalue weighted by molar-refractivity contribution is -0.137. The monoisotopic (exact) mass is 366 g/mol. The Kier molecular flexibility index (Phi) is 7.90. The summed E-state index contributed by atoms with van der Waals surface area (Å²) in [5, 5.41) is 20.2. The maximum absolute atomic E-state index is 12.0. The van der Waals surface area contributed by atoms with Crippen molar-refractivity contribution in [2.45, 2.75) is 39.2 Å². The summed E-state index contributed by atoms with van der Waals surface area (Å²) >= 11 is 0. The number of carboxylic acids is 1. The van der Waals surface area contributed by atoms with E-state index in [4.69, 9.17) is 15.1 Å². The highest BCUT2D eigenvalue weighted by atomic mass is 16.6. The molecule has 0 aromatic rings. The first-order valence-corrected chi connectivity index (χ1v) is 8.46. The summed E-state index contributed by atoms with van der Waals surface area (Å²) in [7, 11) is 0. The molecule has 144 valence electrons. The Labute approximate surface area is 153 Å². The Balaban J connectivity index is 2.49. The zero-order valence-corrected chi connectivity index (χ0v) is 15.4. The summed E-state index contributed by atoms with van der Waals surface area (Å²) in [6, 6.07) is 1.85. The van der Waals surface area contributed by atoms with Crippen LogP contribution in [0.2, 0.25) is 0 Å². The number of nitrogens with one attached hydrogen (secondary N) is 1. The molecule has 1 aliphatic heterocycles. The molecule has 0 aromatic heterocycles. The minimum Gasteiger partial charge on any atom is -0.481 e. The van der Waals surface area contributed by atoms with Gasteiger partial charge in [0, 0.05) is 45.3 Å². The standard InChI is InChI=1S/C17H26N4O5/c1-17(2,3)26-16(25)21-9-7-20(8-10-21)12-13(11-18)15(24)19-6-4-5-14(22)23/h12H,4-10H2,1-3H3,(H,19,24)(H,22,23)/b13-12-. The van der Waals surface area contributed by atoms with Crippen LogP contribution in [0.15, 0.2) is 11.8 Å².